The molecule has 4 nitrogen and oxygen atoms in total. The van der Waals surface area contributed by atoms with Crippen molar-refractivity contribution >= 4 is 0 Å². The molecule has 4 heteroatoms. The molecule has 0 radical (unpaired) electrons. The maximum absolute atomic E-state index is 4.52. The van der Waals surface area contributed by atoms with Gasteiger partial charge in [-0.25, -0.2) is 0 Å². The summed E-state index contributed by atoms with van der Waals surface area (Å²) >= 11 is 0. The predicted octanol–water partition coefficient (Wildman–Crippen LogP) is 3.65. The number of nitrogens with zero attached hydrogens (tertiary/aromatic N) is 4. The Bertz CT molecular complexity index is 560. The van der Waals surface area contributed by atoms with Crippen LogP contribution in [-0.2, 0) is 19.6 Å². The number of hydrogen-bond donors (Lipinski definition) is 0. The van der Waals surface area contributed by atoms with Gasteiger partial charge in [0.2, 0.25) is 0 Å². The fourth-order valence-corrected chi connectivity index (χ4v) is 2.74. The van der Waals surface area contributed by atoms with Crippen molar-refractivity contribution in [2.24, 2.45) is 5.92 Å². The first-order valence-corrected chi connectivity index (χ1v) is 8.23. The SMILES string of the molecule is CCCn1ncc(CN(Cc2ccccn2)CC(C)C)c1C. The molecule has 22 heavy (non-hydrogen) atoms. The van der Waals surface area contributed by atoms with E-state index in [1.807, 2.05) is 18.5 Å². The Hall–Kier alpha value is -1.68. The zero-order valence-corrected chi connectivity index (χ0v) is 14.3. The molecule has 2 heterocycles. The van der Waals surface area contributed by atoms with Crippen LogP contribution >= 0.6 is 0 Å². The van der Waals surface area contributed by atoms with Crippen LogP contribution in [0.15, 0.2) is 30.6 Å². The second-order valence-electron chi connectivity index (χ2n) is 6.36. The van der Waals surface area contributed by atoms with Gasteiger partial charge >= 0.3 is 0 Å². The van der Waals surface area contributed by atoms with E-state index in [0.717, 1.165) is 38.3 Å². The Labute approximate surface area is 134 Å². The molecular weight excluding hydrogens is 272 g/mol. The normalized spacial score (nSPS) is 11.5. The molecule has 0 atom stereocenters. The van der Waals surface area contributed by atoms with E-state index in [-0.39, 0.29) is 0 Å². The number of aromatic nitrogens is 3. The monoisotopic (exact) mass is 300 g/mol. The molecule has 120 valence electrons. The third-order valence-corrected chi connectivity index (χ3v) is 3.77. The van der Waals surface area contributed by atoms with Gasteiger partial charge in [0.25, 0.3) is 0 Å². The summed E-state index contributed by atoms with van der Waals surface area (Å²) in [5.41, 5.74) is 3.74. The summed E-state index contributed by atoms with van der Waals surface area (Å²) in [6.45, 7) is 12.8. The molecule has 0 bridgehead atoms. The summed E-state index contributed by atoms with van der Waals surface area (Å²) in [6.07, 6.45) is 5.01. The van der Waals surface area contributed by atoms with Crippen LogP contribution in [0.2, 0.25) is 0 Å². The van der Waals surface area contributed by atoms with Gasteiger partial charge in [-0.3, -0.25) is 14.6 Å². The van der Waals surface area contributed by atoms with Gasteiger partial charge in [-0.05, 0) is 31.4 Å². The van der Waals surface area contributed by atoms with Crippen molar-refractivity contribution < 1.29 is 0 Å². The van der Waals surface area contributed by atoms with Gasteiger partial charge in [-0.1, -0.05) is 26.8 Å². The van der Waals surface area contributed by atoms with E-state index < -0.39 is 0 Å². The van der Waals surface area contributed by atoms with Crippen LogP contribution in [0, 0.1) is 12.8 Å². The maximum Gasteiger partial charge on any atom is 0.0544 e. The van der Waals surface area contributed by atoms with Gasteiger partial charge in [0.05, 0.1) is 11.9 Å². The van der Waals surface area contributed by atoms with E-state index in [1.165, 1.54) is 11.3 Å². The lowest BCUT2D eigenvalue weighted by Crippen LogP contribution is -2.27. The highest BCUT2D eigenvalue weighted by molar-refractivity contribution is 5.16. The van der Waals surface area contributed by atoms with Crippen LogP contribution in [0.5, 0.6) is 0 Å². The zero-order chi connectivity index (χ0) is 15.9. The van der Waals surface area contributed by atoms with Crippen molar-refractivity contribution in [3.8, 4) is 0 Å². The Balaban J connectivity index is 2.09. The summed E-state index contributed by atoms with van der Waals surface area (Å²) in [5, 5.41) is 4.52. The molecule has 0 aliphatic heterocycles. The van der Waals surface area contributed by atoms with Crippen molar-refractivity contribution in [1.29, 1.82) is 0 Å². The smallest absolute Gasteiger partial charge is 0.0544 e. The second-order valence-corrected chi connectivity index (χ2v) is 6.36. The summed E-state index contributed by atoms with van der Waals surface area (Å²) in [7, 11) is 0. The maximum atomic E-state index is 4.52. The minimum absolute atomic E-state index is 0.634. The van der Waals surface area contributed by atoms with Crippen molar-refractivity contribution in [1.82, 2.24) is 19.7 Å². The van der Waals surface area contributed by atoms with Crippen LogP contribution in [0.3, 0.4) is 0 Å². The molecule has 0 unspecified atom stereocenters. The highest BCUT2D eigenvalue weighted by Crippen LogP contribution is 2.14. The van der Waals surface area contributed by atoms with Gasteiger partial charge in [0, 0.05) is 43.6 Å². The molecular formula is C18H28N4. The van der Waals surface area contributed by atoms with Crippen molar-refractivity contribution in [2.75, 3.05) is 6.54 Å². The molecule has 0 aliphatic rings. The van der Waals surface area contributed by atoms with Crippen molar-refractivity contribution in [3.63, 3.8) is 0 Å². The highest BCUT2D eigenvalue weighted by atomic mass is 15.3. The van der Waals surface area contributed by atoms with Gasteiger partial charge in [0.15, 0.2) is 0 Å². The van der Waals surface area contributed by atoms with E-state index in [4.69, 9.17) is 0 Å². The summed E-state index contributed by atoms with van der Waals surface area (Å²) in [4.78, 5) is 6.93. The van der Waals surface area contributed by atoms with E-state index in [9.17, 15) is 0 Å². The van der Waals surface area contributed by atoms with Gasteiger partial charge in [-0.15, -0.1) is 0 Å². The molecule has 0 aliphatic carbocycles. The first-order valence-electron chi connectivity index (χ1n) is 8.23. The predicted molar refractivity (Wildman–Crippen MR) is 90.4 cm³/mol. The molecule has 0 spiro atoms. The third kappa shape index (κ3) is 4.67. The third-order valence-electron chi connectivity index (χ3n) is 3.77. The zero-order valence-electron chi connectivity index (χ0n) is 14.3. The molecule has 0 saturated heterocycles. The lowest BCUT2D eigenvalue weighted by atomic mass is 10.1. The van der Waals surface area contributed by atoms with Crippen molar-refractivity contribution in [2.45, 2.75) is 53.8 Å². The lowest BCUT2D eigenvalue weighted by Gasteiger charge is -2.23. The Morgan fingerprint density at radius 1 is 1.23 bits per heavy atom. The first kappa shape index (κ1) is 16.7. The van der Waals surface area contributed by atoms with Crippen LogP contribution in [-0.4, -0.2) is 26.2 Å². The molecule has 0 aromatic carbocycles. The molecule has 0 fully saturated rings. The summed E-state index contributed by atoms with van der Waals surface area (Å²) < 4.78 is 2.11. The second kappa shape index (κ2) is 8.08. The number of aryl methyl sites for hydroxylation is 1. The standard InChI is InChI=1S/C18H28N4/c1-5-10-22-16(4)17(11-20-22)13-21(12-15(2)3)14-18-8-6-7-9-19-18/h6-9,11,15H,5,10,12-14H2,1-4H3. The number of hydrogen-bond acceptors (Lipinski definition) is 3. The molecule has 0 N–H and O–H groups in total. The Morgan fingerprint density at radius 3 is 2.68 bits per heavy atom. The molecule has 0 saturated carbocycles. The molecule has 2 aromatic heterocycles. The van der Waals surface area contributed by atoms with Crippen molar-refractivity contribution in [3.05, 3.63) is 47.5 Å². The van der Waals surface area contributed by atoms with Crippen LogP contribution < -0.4 is 0 Å². The molecule has 0 amide bonds. The van der Waals surface area contributed by atoms with E-state index in [1.54, 1.807) is 0 Å². The molecule has 2 rings (SSSR count). The molecule has 2 aromatic rings. The highest BCUT2D eigenvalue weighted by Gasteiger charge is 2.13. The lowest BCUT2D eigenvalue weighted by molar-refractivity contribution is 0.224. The largest absolute Gasteiger partial charge is 0.293 e. The van der Waals surface area contributed by atoms with Gasteiger partial charge < -0.3 is 0 Å². The van der Waals surface area contributed by atoms with Crippen LogP contribution in [0.4, 0.5) is 0 Å². The summed E-state index contributed by atoms with van der Waals surface area (Å²) in [6, 6.07) is 6.12. The average Bonchev–Trinajstić information content (AvgIpc) is 2.81. The average molecular weight is 300 g/mol. The number of pyridine rings is 1. The van der Waals surface area contributed by atoms with Crippen LogP contribution in [0.25, 0.3) is 0 Å². The van der Waals surface area contributed by atoms with Gasteiger partial charge in [0.1, 0.15) is 0 Å². The van der Waals surface area contributed by atoms with Gasteiger partial charge in [-0.2, -0.15) is 5.10 Å². The quantitative estimate of drug-likeness (QED) is 0.746. The summed E-state index contributed by atoms with van der Waals surface area (Å²) in [5.74, 6) is 0.634. The number of rotatable bonds is 8. The van der Waals surface area contributed by atoms with Crippen LogP contribution in [0.1, 0.15) is 44.1 Å². The first-order chi connectivity index (χ1) is 10.6. The van der Waals surface area contributed by atoms with E-state index >= 15 is 0 Å². The fraction of sp³-hybridized carbons (Fsp3) is 0.556. The topological polar surface area (TPSA) is 34.0 Å². The van der Waals surface area contributed by atoms with E-state index in [2.05, 4.69) is 59.5 Å². The fourth-order valence-electron chi connectivity index (χ4n) is 2.74. The Kier molecular flexibility index (Phi) is 6.13. The Morgan fingerprint density at radius 2 is 2.05 bits per heavy atom. The minimum Gasteiger partial charge on any atom is -0.293 e. The van der Waals surface area contributed by atoms with E-state index in [0.29, 0.717) is 5.92 Å². The minimum atomic E-state index is 0.634.